The van der Waals surface area contributed by atoms with Crippen LogP contribution < -0.4 is 5.32 Å². The van der Waals surface area contributed by atoms with Gasteiger partial charge in [-0.05, 0) is 48.7 Å². The molecule has 1 fully saturated rings. The lowest BCUT2D eigenvalue weighted by Crippen LogP contribution is -2.49. The molecule has 4 aromatic rings. The standard InChI is InChI=1S/C29H33N5O2S/c1-3-23-13-15-25(16-14-23)37(35,36)34-19-17-33(18-20-34)22(2)28-31-27-12-8-7-11-26(27)29(32-28)30-21-24-9-5-4-6-10-24/h4-16,22H,3,17-21H2,1-2H3,(H,30,31,32)/t22-/m0/s1. The van der Waals surface area contributed by atoms with E-state index in [-0.39, 0.29) is 6.04 Å². The minimum Gasteiger partial charge on any atom is -0.365 e. The first-order valence-corrected chi connectivity index (χ1v) is 14.3. The van der Waals surface area contributed by atoms with E-state index in [1.807, 2.05) is 54.6 Å². The minimum absolute atomic E-state index is 0.0458. The van der Waals surface area contributed by atoms with Gasteiger partial charge in [-0.25, -0.2) is 18.4 Å². The fraction of sp³-hybridized carbons (Fsp3) is 0.310. The lowest BCUT2D eigenvalue weighted by molar-refractivity contribution is 0.141. The maximum absolute atomic E-state index is 13.2. The van der Waals surface area contributed by atoms with Crippen molar-refractivity contribution >= 4 is 26.7 Å². The Hall–Kier alpha value is -3.33. The number of nitrogens with zero attached hydrogens (tertiary/aromatic N) is 4. The van der Waals surface area contributed by atoms with Crippen molar-refractivity contribution in [3.05, 3.63) is 95.8 Å². The SMILES string of the molecule is CCc1ccc(S(=O)(=O)N2CCN([C@@H](C)c3nc(NCc4ccccc4)c4ccccc4n3)CC2)cc1. The summed E-state index contributed by atoms with van der Waals surface area (Å²) < 4.78 is 28.0. The van der Waals surface area contributed by atoms with Crippen LogP contribution >= 0.6 is 0 Å². The van der Waals surface area contributed by atoms with E-state index in [9.17, 15) is 8.42 Å². The summed E-state index contributed by atoms with van der Waals surface area (Å²) in [6, 6.07) is 25.5. The molecule has 37 heavy (non-hydrogen) atoms. The van der Waals surface area contributed by atoms with E-state index in [4.69, 9.17) is 9.97 Å². The third-order valence-electron chi connectivity index (χ3n) is 7.09. The Morgan fingerprint density at radius 3 is 2.22 bits per heavy atom. The molecule has 1 saturated heterocycles. The number of sulfonamides is 1. The summed E-state index contributed by atoms with van der Waals surface area (Å²) >= 11 is 0. The third-order valence-corrected chi connectivity index (χ3v) is 9.00. The smallest absolute Gasteiger partial charge is 0.243 e. The average molecular weight is 516 g/mol. The average Bonchev–Trinajstić information content (AvgIpc) is 2.96. The maximum Gasteiger partial charge on any atom is 0.243 e. The molecule has 0 saturated carbocycles. The number of hydrogen-bond acceptors (Lipinski definition) is 6. The van der Waals surface area contributed by atoms with Crippen molar-refractivity contribution in [2.75, 3.05) is 31.5 Å². The summed E-state index contributed by atoms with van der Waals surface area (Å²) in [5.74, 6) is 1.55. The van der Waals surface area contributed by atoms with Crippen molar-refractivity contribution in [3.63, 3.8) is 0 Å². The number of nitrogens with one attached hydrogen (secondary N) is 1. The number of aromatic nitrogens is 2. The van der Waals surface area contributed by atoms with Crippen molar-refractivity contribution in [2.45, 2.75) is 37.8 Å². The van der Waals surface area contributed by atoms with Crippen molar-refractivity contribution in [1.29, 1.82) is 0 Å². The number of para-hydroxylation sites is 1. The molecular formula is C29H33N5O2S. The molecule has 8 heteroatoms. The van der Waals surface area contributed by atoms with Gasteiger partial charge in [0.1, 0.15) is 11.6 Å². The lowest BCUT2D eigenvalue weighted by atomic mass is 10.2. The normalized spacial score (nSPS) is 16.1. The van der Waals surface area contributed by atoms with Crippen molar-refractivity contribution in [1.82, 2.24) is 19.2 Å². The number of hydrogen-bond donors (Lipinski definition) is 1. The second-order valence-corrected chi connectivity index (χ2v) is 11.3. The molecule has 3 aromatic carbocycles. The van der Waals surface area contributed by atoms with Crippen molar-refractivity contribution in [2.24, 2.45) is 0 Å². The molecule has 1 aliphatic heterocycles. The molecule has 0 unspecified atom stereocenters. The molecule has 1 aliphatic rings. The largest absolute Gasteiger partial charge is 0.365 e. The fourth-order valence-electron chi connectivity index (χ4n) is 4.74. The van der Waals surface area contributed by atoms with Gasteiger partial charge in [0.15, 0.2) is 0 Å². The molecule has 0 bridgehead atoms. The van der Waals surface area contributed by atoms with E-state index >= 15 is 0 Å². The zero-order chi connectivity index (χ0) is 25.8. The second-order valence-electron chi connectivity index (χ2n) is 9.40. The van der Waals surface area contributed by atoms with Gasteiger partial charge < -0.3 is 5.32 Å². The second kappa shape index (κ2) is 11.0. The van der Waals surface area contributed by atoms with Crippen molar-refractivity contribution < 1.29 is 8.42 Å². The predicted octanol–water partition coefficient (Wildman–Crippen LogP) is 4.87. The molecule has 1 N–H and O–H groups in total. The zero-order valence-electron chi connectivity index (χ0n) is 21.3. The quantitative estimate of drug-likeness (QED) is 0.361. The highest BCUT2D eigenvalue weighted by atomic mass is 32.2. The van der Waals surface area contributed by atoms with E-state index < -0.39 is 10.0 Å². The molecule has 0 aliphatic carbocycles. The molecule has 0 amide bonds. The number of fused-ring (bicyclic) bond motifs is 1. The maximum atomic E-state index is 13.2. The van der Waals surface area contributed by atoms with Crippen LogP contribution in [-0.4, -0.2) is 53.8 Å². The highest BCUT2D eigenvalue weighted by molar-refractivity contribution is 7.89. The Labute approximate surface area is 219 Å². The van der Waals surface area contributed by atoms with Gasteiger partial charge in [0, 0.05) is 38.1 Å². The van der Waals surface area contributed by atoms with Gasteiger partial charge in [0.05, 0.1) is 16.5 Å². The van der Waals surface area contributed by atoms with Gasteiger partial charge in [0.2, 0.25) is 10.0 Å². The van der Waals surface area contributed by atoms with E-state index in [0.717, 1.165) is 34.5 Å². The lowest BCUT2D eigenvalue weighted by Gasteiger charge is -2.36. The van der Waals surface area contributed by atoms with Crippen LogP contribution in [0.25, 0.3) is 10.9 Å². The Balaban J connectivity index is 1.31. The first-order chi connectivity index (χ1) is 18.0. The molecule has 192 valence electrons. The summed E-state index contributed by atoms with van der Waals surface area (Å²) in [5.41, 5.74) is 3.21. The Bertz CT molecular complexity index is 1450. The molecule has 5 rings (SSSR count). The predicted molar refractivity (Wildman–Crippen MR) is 148 cm³/mol. The fourth-order valence-corrected chi connectivity index (χ4v) is 6.16. The summed E-state index contributed by atoms with van der Waals surface area (Å²) in [6.45, 7) is 6.95. The van der Waals surface area contributed by atoms with Gasteiger partial charge in [0.25, 0.3) is 0 Å². The van der Waals surface area contributed by atoms with Gasteiger partial charge in [-0.3, -0.25) is 4.90 Å². The van der Waals surface area contributed by atoms with E-state index in [2.05, 4.69) is 36.2 Å². The summed E-state index contributed by atoms with van der Waals surface area (Å²) in [5, 5.41) is 4.48. The highest BCUT2D eigenvalue weighted by Crippen LogP contribution is 2.27. The van der Waals surface area contributed by atoms with Crippen LogP contribution in [0.2, 0.25) is 0 Å². The minimum atomic E-state index is -3.50. The molecule has 7 nitrogen and oxygen atoms in total. The summed E-state index contributed by atoms with van der Waals surface area (Å²) in [6.07, 6.45) is 0.886. The number of aryl methyl sites for hydroxylation is 1. The molecule has 1 atom stereocenters. The van der Waals surface area contributed by atoms with E-state index in [1.54, 1.807) is 16.4 Å². The molecular weight excluding hydrogens is 482 g/mol. The van der Waals surface area contributed by atoms with Crippen LogP contribution in [0.5, 0.6) is 0 Å². The summed E-state index contributed by atoms with van der Waals surface area (Å²) in [7, 11) is -3.50. The van der Waals surface area contributed by atoms with Gasteiger partial charge in [-0.15, -0.1) is 0 Å². The van der Waals surface area contributed by atoms with Crippen LogP contribution in [0.3, 0.4) is 0 Å². The van der Waals surface area contributed by atoms with Crippen LogP contribution in [-0.2, 0) is 23.0 Å². The highest BCUT2D eigenvalue weighted by Gasteiger charge is 2.31. The molecule has 2 heterocycles. The summed E-state index contributed by atoms with van der Waals surface area (Å²) in [4.78, 5) is 12.4. The number of anilines is 1. The molecule has 1 aromatic heterocycles. The number of piperazine rings is 1. The first-order valence-electron chi connectivity index (χ1n) is 12.8. The number of benzene rings is 3. The van der Waals surface area contributed by atoms with Gasteiger partial charge >= 0.3 is 0 Å². The van der Waals surface area contributed by atoms with Crippen LogP contribution in [0.4, 0.5) is 5.82 Å². The van der Waals surface area contributed by atoms with E-state index in [1.165, 1.54) is 5.56 Å². The van der Waals surface area contributed by atoms with Crippen LogP contribution in [0.15, 0.2) is 83.8 Å². The zero-order valence-corrected chi connectivity index (χ0v) is 22.2. The molecule has 0 radical (unpaired) electrons. The van der Waals surface area contributed by atoms with Gasteiger partial charge in [-0.1, -0.05) is 61.5 Å². The monoisotopic (exact) mass is 515 g/mol. The molecule has 0 spiro atoms. The number of rotatable bonds is 8. The Kier molecular flexibility index (Phi) is 7.50. The topological polar surface area (TPSA) is 78.4 Å². The van der Waals surface area contributed by atoms with Gasteiger partial charge in [-0.2, -0.15) is 4.31 Å². The van der Waals surface area contributed by atoms with Crippen molar-refractivity contribution in [3.8, 4) is 0 Å². The first kappa shape index (κ1) is 25.3. The van der Waals surface area contributed by atoms with E-state index in [0.29, 0.717) is 37.6 Å². The Morgan fingerprint density at radius 2 is 1.51 bits per heavy atom. The third kappa shape index (κ3) is 5.51. The Morgan fingerprint density at radius 1 is 0.838 bits per heavy atom. The van der Waals surface area contributed by atoms with Crippen LogP contribution in [0, 0.1) is 0 Å². The van der Waals surface area contributed by atoms with Crippen LogP contribution in [0.1, 0.15) is 36.8 Å².